The van der Waals surface area contributed by atoms with E-state index in [1.807, 2.05) is 12.1 Å². The second-order valence-corrected chi connectivity index (χ2v) is 7.72. The summed E-state index contributed by atoms with van der Waals surface area (Å²) < 4.78 is 39.5. The van der Waals surface area contributed by atoms with Crippen molar-refractivity contribution < 1.29 is 21.9 Å². The lowest BCUT2D eigenvalue weighted by molar-refractivity contribution is -0.142. The van der Waals surface area contributed by atoms with E-state index in [1.54, 1.807) is 12.1 Å². The van der Waals surface area contributed by atoms with Crippen molar-refractivity contribution in [3.8, 4) is 5.75 Å². The van der Waals surface area contributed by atoms with Crippen molar-refractivity contribution in [1.82, 2.24) is 4.90 Å². The molecule has 3 atom stereocenters. The lowest BCUT2D eigenvalue weighted by Crippen LogP contribution is -2.49. The van der Waals surface area contributed by atoms with Crippen LogP contribution in [0.25, 0.3) is 0 Å². The van der Waals surface area contributed by atoms with Crippen LogP contribution in [0.1, 0.15) is 38.2 Å². The molecule has 0 spiro atoms. The number of benzene rings is 2. The fourth-order valence-corrected chi connectivity index (χ4v) is 3.94. The summed E-state index contributed by atoms with van der Waals surface area (Å²) in [4.78, 5) is 14.1. The van der Waals surface area contributed by atoms with Crippen LogP contribution in [0.4, 0.5) is 0 Å². The van der Waals surface area contributed by atoms with E-state index >= 15 is 0 Å². The summed E-state index contributed by atoms with van der Waals surface area (Å²) >= 11 is 0. The molecule has 1 aliphatic heterocycles. The third-order valence-electron chi connectivity index (χ3n) is 5.90. The van der Waals surface area contributed by atoms with Gasteiger partial charge in [-0.1, -0.05) is 56.2 Å². The molecule has 4 nitrogen and oxygen atoms in total. The highest BCUT2D eigenvalue weighted by Gasteiger charge is 2.39. The van der Waals surface area contributed by atoms with E-state index in [-0.39, 0.29) is 47.7 Å². The monoisotopic (exact) mass is 372 g/mol. The van der Waals surface area contributed by atoms with Gasteiger partial charge in [0.2, 0.25) is 0 Å². The molecule has 0 aliphatic carbocycles. The first-order valence-electron chi connectivity index (χ1n) is 11.8. The van der Waals surface area contributed by atoms with Crippen LogP contribution in [0.15, 0.2) is 54.5 Å². The maximum Gasteiger partial charge on any atom is 0.308 e. The Kier molecular flexibility index (Phi) is 4.15. The number of hydrogen-bond acceptors (Lipinski definition) is 3. The van der Waals surface area contributed by atoms with Gasteiger partial charge in [-0.15, -0.1) is 0 Å². The standard InChI is InChI=1S/C23H29NO3/c1-17-15-24(12-11-23(17,2)20-9-6-10-21(25)14-20)16-19(22(26)27)13-18-7-4-3-5-8-18/h3-10,14,17,19,25H,11-13,15-16H2,1-2H3,(H,26,27)/t17-,19-,23+/m0/s1/i3D,4D,5D,7D,8D. The Bertz CT molecular complexity index is 1000. The van der Waals surface area contributed by atoms with Crippen molar-refractivity contribution in [1.29, 1.82) is 0 Å². The Labute approximate surface area is 168 Å². The molecular formula is C23H29NO3. The van der Waals surface area contributed by atoms with Gasteiger partial charge in [0.15, 0.2) is 0 Å². The molecular weight excluding hydrogens is 338 g/mol. The van der Waals surface area contributed by atoms with Gasteiger partial charge in [-0.25, -0.2) is 0 Å². The third kappa shape index (κ3) is 4.51. The van der Waals surface area contributed by atoms with Crippen molar-refractivity contribution in [3.63, 3.8) is 0 Å². The van der Waals surface area contributed by atoms with Crippen LogP contribution in [0.5, 0.6) is 5.75 Å². The number of aliphatic carboxylic acids is 1. The third-order valence-corrected chi connectivity index (χ3v) is 5.90. The van der Waals surface area contributed by atoms with Crippen LogP contribution >= 0.6 is 0 Å². The summed E-state index contributed by atoms with van der Waals surface area (Å²) in [6.45, 7) is 5.84. The lowest BCUT2D eigenvalue weighted by atomic mass is 9.68. The van der Waals surface area contributed by atoms with E-state index in [9.17, 15) is 15.0 Å². The molecule has 0 radical (unpaired) electrons. The Morgan fingerprint density at radius 2 is 2.11 bits per heavy atom. The smallest absolute Gasteiger partial charge is 0.308 e. The Hall–Kier alpha value is -2.33. The lowest BCUT2D eigenvalue weighted by Gasteiger charge is -2.45. The normalized spacial score (nSPS) is 27.0. The molecule has 1 aliphatic rings. The van der Waals surface area contributed by atoms with Gasteiger partial charge in [0, 0.05) is 13.1 Å². The number of nitrogens with zero attached hydrogens (tertiary/aromatic N) is 1. The molecule has 2 aromatic carbocycles. The number of likely N-dealkylation sites (tertiary alicyclic amines) is 1. The summed E-state index contributed by atoms with van der Waals surface area (Å²) in [5, 5.41) is 19.7. The molecule has 0 saturated carbocycles. The molecule has 4 heteroatoms. The van der Waals surface area contributed by atoms with E-state index in [2.05, 4.69) is 18.7 Å². The minimum Gasteiger partial charge on any atom is -0.508 e. The number of carboxylic acids is 1. The van der Waals surface area contributed by atoms with E-state index in [1.165, 1.54) is 0 Å². The second-order valence-electron chi connectivity index (χ2n) is 7.72. The largest absolute Gasteiger partial charge is 0.508 e. The van der Waals surface area contributed by atoms with Crippen molar-refractivity contribution in [2.24, 2.45) is 11.8 Å². The topological polar surface area (TPSA) is 60.8 Å². The number of hydrogen-bond donors (Lipinski definition) is 2. The van der Waals surface area contributed by atoms with Gasteiger partial charge in [0.05, 0.1) is 12.8 Å². The van der Waals surface area contributed by atoms with Crippen molar-refractivity contribution in [2.45, 2.75) is 32.1 Å². The SMILES string of the molecule is [2H]c1c([2H])c([2H])c(C[C@@H](CN2CC[C@@](C)(c3cccc(O)c3)[C@@H](C)C2)C(=O)O)c([2H])c1[2H]. The van der Waals surface area contributed by atoms with Crippen LogP contribution in [0, 0.1) is 11.8 Å². The van der Waals surface area contributed by atoms with E-state index < -0.39 is 30.0 Å². The summed E-state index contributed by atoms with van der Waals surface area (Å²) in [5.41, 5.74) is 0.942. The minimum atomic E-state index is -1.05. The average molecular weight is 373 g/mol. The molecule has 0 unspecified atom stereocenters. The molecule has 27 heavy (non-hydrogen) atoms. The highest BCUT2D eigenvalue weighted by molar-refractivity contribution is 5.70. The zero-order valence-electron chi connectivity index (χ0n) is 20.7. The fourth-order valence-electron chi connectivity index (χ4n) is 3.94. The molecule has 0 amide bonds. The molecule has 0 aromatic heterocycles. The highest BCUT2D eigenvalue weighted by atomic mass is 16.4. The number of phenols is 1. The predicted octanol–water partition coefficient (Wildman–Crippen LogP) is 3.94. The fraction of sp³-hybridized carbons (Fsp3) is 0.435. The molecule has 2 N–H and O–H groups in total. The average Bonchev–Trinajstić information content (AvgIpc) is 2.75. The number of aromatic hydroxyl groups is 1. The maximum atomic E-state index is 12.0. The molecule has 1 heterocycles. The number of rotatable bonds is 6. The van der Waals surface area contributed by atoms with Gasteiger partial charge in [0.1, 0.15) is 5.75 Å². The summed E-state index contributed by atoms with van der Waals surface area (Å²) in [6, 6.07) is 5.20. The van der Waals surface area contributed by atoms with E-state index in [0.29, 0.717) is 13.1 Å². The van der Waals surface area contributed by atoms with Crippen LogP contribution < -0.4 is 0 Å². The van der Waals surface area contributed by atoms with Crippen molar-refractivity contribution in [2.75, 3.05) is 19.6 Å². The highest BCUT2D eigenvalue weighted by Crippen LogP contribution is 2.40. The van der Waals surface area contributed by atoms with Gasteiger partial charge in [-0.2, -0.15) is 0 Å². The molecule has 1 fully saturated rings. The van der Waals surface area contributed by atoms with Crippen LogP contribution in [-0.2, 0) is 16.6 Å². The predicted molar refractivity (Wildman–Crippen MR) is 107 cm³/mol. The first-order valence-corrected chi connectivity index (χ1v) is 9.26. The van der Waals surface area contributed by atoms with Gasteiger partial charge in [-0.05, 0) is 54.0 Å². The summed E-state index contributed by atoms with van der Waals surface area (Å²) in [6.07, 6.45) is 0.665. The number of piperidine rings is 1. The zero-order chi connectivity index (χ0) is 23.8. The molecule has 3 rings (SSSR count). The van der Waals surface area contributed by atoms with Crippen LogP contribution in [-0.4, -0.2) is 40.7 Å². The van der Waals surface area contributed by atoms with E-state index in [4.69, 9.17) is 6.85 Å². The van der Waals surface area contributed by atoms with Crippen LogP contribution in [0.2, 0.25) is 0 Å². The number of carbonyl (C=O) groups is 1. The Morgan fingerprint density at radius 1 is 1.37 bits per heavy atom. The van der Waals surface area contributed by atoms with Crippen LogP contribution in [0.3, 0.4) is 0 Å². The van der Waals surface area contributed by atoms with Gasteiger partial charge in [-0.3, -0.25) is 4.79 Å². The van der Waals surface area contributed by atoms with E-state index in [0.717, 1.165) is 12.0 Å². The first kappa shape index (κ1) is 13.8. The first-order chi connectivity index (χ1) is 15.0. The molecule has 144 valence electrons. The molecule has 2 aromatic rings. The van der Waals surface area contributed by atoms with Gasteiger partial charge >= 0.3 is 5.97 Å². The Morgan fingerprint density at radius 3 is 2.74 bits per heavy atom. The summed E-state index contributed by atoms with van der Waals surface area (Å²) in [5.74, 6) is -1.52. The summed E-state index contributed by atoms with van der Waals surface area (Å²) in [7, 11) is 0. The minimum absolute atomic E-state index is 0.0399. The maximum absolute atomic E-state index is 12.0. The second kappa shape index (κ2) is 8.13. The number of carboxylic acid groups (broad SMARTS) is 1. The van der Waals surface area contributed by atoms with Gasteiger partial charge in [0.25, 0.3) is 0 Å². The Balaban J connectivity index is 1.77. The molecule has 0 bridgehead atoms. The van der Waals surface area contributed by atoms with Crippen molar-refractivity contribution in [3.05, 3.63) is 65.6 Å². The number of phenolic OH excluding ortho intramolecular Hbond substituents is 1. The van der Waals surface area contributed by atoms with Crippen molar-refractivity contribution >= 4 is 5.97 Å². The molecule has 1 saturated heterocycles. The quantitative estimate of drug-likeness (QED) is 0.806. The van der Waals surface area contributed by atoms with Gasteiger partial charge < -0.3 is 15.1 Å². The zero-order valence-corrected chi connectivity index (χ0v) is 15.7.